The molecule has 3 aromatic carbocycles. The fraction of sp³-hybridized carbons (Fsp3) is 0.200. The lowest BCUT2D eigenvalue weighted by atomic mass is 9.83. The first-order valence-corrected chi connectivity index (χ1v) is 7.48. The van der Waals surface area contributed by atoms with E-state index in [0.717, 1.165) is 0 Å². The van der Waals surface area contributed by atoms with Gasteiger partial charge in [0.25, 0.3) is 0 Å². The molecule has 1 aromatic heterocycles. The first-order chi connectivity index (χ1) is 10.1. The molecule has 104 valence electrons. The average molecular weight is 273 g/mol. The van der Waals surface area contributed by atoms with Gasteiger partial charge in [-0.25, -0.2) is 0 Å². The van der Waals surface area contributed by atoms with E-state index in [1.165, 1.54) is 38.1 Å². The van der Waals surface area contributed by atoms with E-state index in [1.54, 1.807) is 0 Å². The van der Waals surface area contributed by atoms with Crippen molar-refractivity contribution in [3.8, 4) is 0 Å². The standard InChI is InChI=1S/C20H19N/c1-20(2,3)16-9-6-7-13-11-12-15-14-8-4-5-10-17(14)21-19(15)18(13)16/h4-12,21H,1-3H3. The molecule has 0 saturated carbocycles. The Morgan fingerprint density at radius 2 is 1.57 bits per heavy atom. The van der Waals surface area contributed by atoms with Crippen molar-refractivity contribution in [3.05, 3.63) is 60.2 Å². The van der Waals surface area contributed by atoms with Crippen molar-refractivity contribution in [1.29, 1.82) is 0 Å². The van der Waals surface area contributed by atoms with Crippen LogP contribution in [-0.4, -0.2) is 4.98 Å². The summed E-state index contributed by atoms with van der Waals surface area (Å²) in [6.45, 7) is 6.84. The number of benzene rings is 3. The van der Waals surface area contributed by atoms with E-state index in [4.69, 9.17) is 0 Å². The van der Waals surface area contributed by atoms with E-state index in [2.05, 4.69) is 80.4 Å². The van der Waals surface area contributed by atoms with Crippen LogP contribution in [0.4, 0.5) is 0 Å². The van der Waals surface area contributed by atoms with Crippen LogP contribution in [0.2, 0.25) is 0 Å². The third-order valence-corrected chi connectivity index (χ3v) is 4.33. The summed E-state index contributed by atoms with van der Waals surface area (Å²) in [6.07, 6.45) is 0. The smallest absolute Gasteiger partial charge is 0.0547 e. The topological polar surface area (TPSA) is 15.8 Å². The molecule has 0 aliphatic carbocycles. The van der Waals surface area contributed by atoms with Crippen molar-refractivity contribution in [2.75, 3.05) is 0 Å². The first kappa shape index (κ1) is 12.5. The first-order valence-electron chi connectivity index (χ1n) is 7.48. The van der Waals surface area contributed by atoms with E-state index in [0.29, 0.717) is 0 Å². The Morgan fingerprint density at radius 3 is 2.38 bits per heavy atom. The molecule has 0 unspecified atom stereocenters. The summed E-state index contributed by atoms with van der Waals surface area (Å²) in [5, 5.41) is 5.29. The lowest BCUT2D eigenvalue weighted by Crippen LogP contribution is -2.11. The second-order valence-electron chi connectivity index (χ2n) is 6.81. The summed E-state index contributed by atoms with van der Waals surface area (Å²) in [5.41, 5.74) is 4.01. The lowest BCUT2D eigenvalue weighted by molar-refractivity contribution is 0.596. The van der Waals surface area contributed by atoms with Gasteiger partial charge in [-0.3, -0.25) is 0 Å². The molecule has 1 heterocycles. The number of hydrogen-bond acceptors (Lipinski definition) is 0. The van der Waals surface area contributed by atoms with Gasteiger partial charge in [0.2, 0.25) is 0 Å². The number of nitrogens with one attached hydrogen (secondary N) is 1. The van der Waals surface area contributed by atoms with Crippen molar-refractivity contribution in [3.63, 3.8) is 0 Å². The van der Waals surface area contributed by atoms with Gasteiger partial charge < -0.3 is 4.98 Å². The van der Waals surface area contributed by atoms with Crippen LogP contribution in [0.5, 0.6) is 0 Å². The van der Waals surface area contributed by atoms with Crippen LogP contribution in [0.15, 0.2) is 54.6 Å². The predicted octanol–water partition coefficient (Wildman–Crippen LogP) is 5.77. The van der Waals surface area contributed by atoms with Gasteiger partial charge in [0.1, 0.15) is 0 Å². The number of fused-ring (bicyclic) bond motifs is 5. The van der Waals surface area contributed by atoms with Crippen LogP contribution in [0.3, 0.4) is 0 Å². The monoisotopic (exact) mass is 273 g/mol. The van der Waals surface area contributed by atoms with Crippen LogP contribution in [0.1, 0.15) is 26.3 Å². The molecule has 21 heavy (non-hydrogen) atoms. The molecule has 1 heteroatoms. The summed E-state index contributed by atoms with van der Waals surface area (Å²) in [6, 6.07) is 19.6. The largest absolute Gasteiger partial charge is 0.354 e. The van der Waals surface area contributed by atoms with Crippen molar-refractivity contribution >= 4 is 32.6 Å². The van der Waals surface area contributed by atoms with Crippen molar-refractivity contribution in [1.82, 2.24) is 4.98 Å². The maximum Gasteiger partial charge on any atom is 0.0547 e. The zero-order valence-corrected chi connectivity index (χ0v) is 12.7. The van der Waals surface area contributed by atoms with Crippen LogP contribution in [-0.2, 0) is 5.41 Å². The van der Waals surface area contributed by atoms with Crippen molar-refractivity contribution in [2.24, 2.45) is 0 Å². The van der Waals surface area contributed by atoms with Gasteiger partial charge in [-0.15, -0.1) is 0 Å². The van der Waals surface area contributed by atoms with Gasteiger partial charge >= 0.3 is 0 Å². The Morgan fingerprint density at radius 1 is 0.762 bits per heavy atom. The van der Waals surface area contributed by atoms with Gasteiger partial charge in [0.05, 0.1) is 5.52 Å². The van der Waals surface area contributed by atoms with Crippen LogP contribution in [0, 0.1) is 0 Å². The fourth-order valence-electron chi connectivity index (χ4n) is 3.32. The molecule has 4 rings (SSSR count). The molecular formula is C20H19N. The van der Waals surface area contributed by atoms with Gasteiger partial charge in [0, 0.05) is 21.7 Å². The van der Waals surface area contributed by atoms with E-state index in [9.17, 15) is 0 Å². The van der Waals surface area contributed by atoms with Crippen LogP contribution >= 0.6 is 0 Å². The Kier molecular flexibility index (Phi) is 2.44. The summed E-state index contributed by atoms with van der Waals surface area (Å²) in [5.74, 6) is 0. The Balaban J connectivity index is 2.27. The molecular weight excluding hydrogens is 254 g/mol. The molecule has 4 aromatic rings. The van der Waals surface area contributed by atoms with Gasteiger partial charge in [-0.2, -0.15) is 0 Å². The third kappa shape index (κ3) is 1.77. The normalized spacial score (nSPS) is 12.5. The molecule has 0 bridgehead atoms. The second kappa shape index (κ2) is 4.11. The Hall–Kier alpha value is -2.28. The summed E-state index contributed by atoms with van der Waals surface area (Å²) in [7, 11) is 0. The third-order valence-electron chi connectivity index (χ3n) is 4.33. The van der Waals surface area contributed by atoms with Gasteiger partial charge in [-0.05, 0) is 22.4 Å². The van der Waals surface area contributed by atoms with Crippen molar-refractivity contribution in [2.45, 2.75) is 26.2 Å². The summed E-state index contributed by atoms with van der Waals surface area (Å²) >= 11 is 0. The van der Waals surface area contributed by atoms with Gasteiger partial charge in [-0.1, -0.05) is 69.3 Å². The van der Waals surface area contributed by atoms with Crippen LogP contribution in [0.25, 0.3) is 32.6 Å². The highest BCUT2D eigenvalue weighted by Crippen LogP contribution is 2.37. The minimum absolute atomic E-state index is 0.130. The SMILES string of the molecule is CC(C)(C)c1cccc2ccc3c4ccccc4[nH]c3c12. The zero-order valence-electron chi connectivity index (χ0n) is 12.7. The number of para-hydroxylation sites is 1. The highest BCUT2D eigenvalue weighted by atomic mass is 14.7. The number of rotatable bonds is 0. The second-order valence-corrected chi connectivity index (χ2v) is 6.81. The van der Waals surface area contributed by atoms with Crippen molar-refractivity contribution < 1.29 is 0 Å². The van der Waals surface area contributed by atoms with E-state index >= 15 is 0 Å². The van der Waals surface area contributed by atoms with E-state index in [-0.39, 0.29) is 5.41 Å². The molecule has 1 nitrogen and oxygen atoms in total. The summed E-state index contributed by atoms with van der Waals surface area (Å²) < 4.78 is 0. The van der Waals surface area contributed by atoms with E-state index < -0.39 is 0 Å². The lowest BCUT2D eigenvalue weighted by Gasteiger charge is -2.21. The molecule has 0 radical (unpaired) electrons. The number of aromatic amines is 1. The minimum Gasteiger partial charge on any atom is -0.354 e. The minimum atomic E-state index is 0.130. The molecule has 0 spiro atoms. The average Bonchev–Trinajstić information content (AvgIpc) is 2.84. The molecule has 0 saturated heterocycles. The Bertz CT molecular complexity index is 968. The quantitative estimate of drug-likeness (QED) is 0.418. The summed E-state index contributed by atoms with van der Waals surface area (Å²) in [4.78, 5) is 3.63. The molecule has 0 atom stereocenters. The fourth-order valence-corrected chi connectivity index (χ4v) is 3.32. The Labute approximate surface area is 124 Å². The zero-order chi connectivity index (χ0) is 14.6. The van der Waals surface area contributed by atoms with Gasteiger partial charge in [0.15, 0.2) is 0 Å². The highest BCUT2D eigenvalue weighted by molar-refractivity contribution is 6.17. The maximum absolute atomic E-state index is 3.63. The highest BCUT2D eigenvalue weighted by Gasteiger charge is 2.19. The molecule has 0 amide bonds. The maximum atomic E-state index is 3.63. The number of hydrogen-bond donors (Lipinski definition) is 1. The number of aromatic nitrogens is 1. The molecule has 0 aliphatic heterocycles. The van der Waals surface area contributed by atoms with Crippen LogP contribution < -0.4 is 0 Å². The van der Waals surface area contributed by atoms with E-state index in [1.807, 2.05) is 0 Å². The molecule has 0 aliphatic rings. The number of H-pyrrole nitrogens is 1. The predicted molar refractivity (Wildman–Crippen MR) is 92.0 cm³/mol. The molecule has 1 N–H and O–H groups in total. The molecule has 0 fully saturated rings.